The molecular weight excluding hydrogens is 369 g/mol. The molecule has 5 nitrogen and oxygen atoms in total. The fourth-order valence-electron chi connectivity index (χ4n) is 2.70. The number of benzene rings is 1. The van der Waals surface area contributed by atoms with Crippen molar-refractivity contribution in [1.82, 2.24) is 10.3 Å². The van der Waals surface area contributed by atoms with Gasteiger partial charge >= 0.3 is 0 Å². The maximum absolute atomic E-state index is 6.35. The minimum absolute atomic E-state index is 0.338. The van der Waals surface area contributed by atoms with Crippen molar-refractivity contribution in [1.29, 1.82) is 0 Å². The summed E-state index contributed by atoms with van der Waals surface area (Å²) in [6.07, 6.45) is 1.46. The Bertz CT molecular complexity index is 906. The Labute approximate surface area is 162 Å². The van der Waals surface area contributed by atoms with E-state index in [0.717, 1.165) is 11.4 Å². The minimum Gasteiger partial charge on any atom is -0.398 e. The number of rotatable bonds is 5. The summed E-state index contributed by atoms with van der Waals surface area (Å²) in [6, 6.07) is 13.3. The summed E-state index contributed by atoms with van der Waals surface area (Å²) in [4.78, 5) is 8.98. The molecule has 0 spiro atoms. The molecule has 1 aromatic heterocycles. The van der Waals surface area contributed by atoms with Gasteiger partial charge in [0.15, 0.2) is 0 Å². The largest absolute Gasteiger partial charge is 0.398 e. The number of aliphatic imine (C=N–C) groups is 1. The maximum atomic E-state index is 6.35. The molecule has 26 heavy (non-hydrogen) atoms. The van der Waals surface area contributed by atoms with Gasteiger partial charge in [-0.15, -0.1) is 0 Å². The van der Waals surface area contributed by atoms with Gasteiger partial charge in [0.2, 0.25) is 0 Å². The van der Waals surface area contributed by atoms with Gasteiger partial charge in [0.05, 0.1) is 32.5 Å². The summed E-state index contributed by atoms with van der Waals surface area (Å²) >= 11 is 11.9. The van der Waals surface area contributed by atoms with E-state index in [0.29, 0.717) is 33.9 Å². The Morgan fingerprint density at radius 2 is 2.12 bits per heavy atom. The highest BCUT2D eigenvalue weighted by Crippen LogP contribution is 2.34. The summed E-state index contributed by atoms with van der Waals surface area (Å²) < 4.78 is 0. The van der Waals surface area contributed by atoms with E-state index < -0.39 is 5.41 Å². The molecule has 2 aromatic rings. The smallest absolute Gasteiger partial charge is 0.146 e. The van der Waals surface area contributed by atoms with Gasteiger partial charge in [-0.1, -0.05) is 48.0 Å². The zero-order valence-corrected chi connectivity index (χ0v) is 15.8. The third-order valence-electron chi connectivity index (χ3n) is 4.24. The van der Waals surface area contributed by atoms with Gasteiger partial charge in [0.25, 0.3) is 0 Å². The van der Waals surface area contributed by atoms with Gasteiger partial charge in [0.1, 0.15) is 11.6 Å². The van der Waals surface area contributed by atoms with Crippen LogP contribution >= 0.6 is 23.2 Å². The van der Waals surface area contributed by atoms with Gasteiger partial charge in [-0.25, -0.2) is 9.98 Å². The van der Waals surface area contributed by atoms with E-state index in [9.17, 15) is 0 Å². The average molecular weight is 388 g/mol. The Kier molecular flexibility index (Phi) is 5.20. The van der Waals surface area contributed by atoms with E-state index in [-0.39, 0.29) is 0 Å². The number of nitrogens with zero attached hydrogens (tertiary/aromatic N) is 2. The van der Waals surface area contributed by atoms with Crippen molar-refractivity contribution >= 4 is 40.9 Å². The number of halogens is 2. The van der Waals surface area contributed by atoms with Crippen molar-refractivity contribution in [2.75, 3.05) is 11.9 Å². The molecule has 0 aliphatic carbocycles. The second-order valence-corrected chi connectivity index (χ2v) is 7.06. The standard InChI is InChI=1S/C19H19Cl2N5/c1-12(20)10-23-18-17(22)19(2,11-24-18)15-8-5-9-16(26-15)25-14-7-4-3-6-13(14)21/h3-10,24H,1,11,22H2,2H3,(H,25,26)/b23-10-/t19-/m1/s1. The van der Waals surface area contributed by atoms with Crippen LogP contribution in [0.1, 0.15) is 12.6 Å². The van der Waals surface area contributed by atoms with Crippen LogP contribution in [0.4, 0.5) is 11.5 Å². The average Bonchev–Trinajstić information content (AvgIpc) is 2.91. The van der Waals surface area contributed by atoms with Crippen LogP contribution in [-0.4, -0.2) is 17.7 Å². The number of allylic oxidation sites excluding steroid dienone is 1. The summed E-state index contributed by atoms with van der Waals surface area (Å²) in [5.74, 6) is 1.27. The van der Waals surface area contributed by atoms with Crippen LogP contribution in [0, 0.1) is 0 Å². The predicted molar refractivity (Wildman–Crippen MR) is 109 cm³/mol. The van der Waals surface area contributed by atoms with Crippen LogP contribution in [-0.2, 0) is 5.41 Å². The van der Waals surface area contributed by atoms with Crippen LogP contribution in [0.2, 0.25) is 5.02 Å². The van der Waals surface area contributed by atoms with Crippen molar-refractivity contribution in [2.45, 2.75) is 12.3 Å². The second-order valence-electron chi connectivity index (χ2n) is 6.17. The SMILES string of the molecule is C=C(Cl)/C=N\C1=C(N)[C@@](C)(c2cccc(Nc3ccccc3Cl)n2)CN1. The fourth-order valence-corrected chi connectivity index (χ4v) is 2.93. The minimum atomic E-state index is -0.488. The van der Waals surface area contributed by atoms with E-state index in [1.165, 1.54) is 6.21 Å². The van der Waals surface area contributed by atoms with Crippen LogP contribution in [0.3, 0.4) is 0 Å². The maximum Gasteiger partial charge on any atom is 0.146 e. The lowest BCUT2D eigenvalue weighted by molar-refractivity contribution is 0.554. The number of para-hydroxylation sites is 1. The Hall–Kier alpha value is -2.50. The van der Waals surface area contributed by atoms with Crippen LogP contribution < -0.4 is 16.4 Å². The summed E-state index contributed by atoms with van der Waals surface area (Å²) in [5, 5.41) is 7.41. The zero-order valence-electron chi connectivity index (χ0n) is 14.3. The molecule has 4 N–H and O–H groups in total. The van der Waals surface area contributed by atoms with Gasteiger partial charge in [-0.2, -0.15) is 0 Å². The summed E-state index contributed by atoms with van der Waals surface area (Å²) in [5.41, 5.74) is 8.09. The molecule has 1 aliphatic heterocycles. The molecule has 1 aliphatic rings. The first kappa shape index (κ1) is 18.3. The first-order valence-corrected chi connectivity index (χ1v) is 8.77. The number of nitrogens with one attached hydrogen (secondary N) is 2. The van der Waals surface area contributed by atoms with Crippen LogP contribution in [0.5, 0.6) is 0 Å². The number of aromatic nitrogens is 1. The molecule has 0 saturated heterocycles. The van der Waals surface area contributed by atoms with Crippen LogP contribution in [0.15, 0.2) is 70.6 Å². The molecule has 2 heterocycles. The zero-order chi connectivity index (χ0) is 18.7. The highest BCUT2D eigenvalue weighted by atomic mass is 35.5. The third kappa shape index (κ3) is 3.69. The molecule has 1 aromatic carbocycles. The van der Waals surface area contributed by atoms with E-state index in [1.807, 2.05) is 49.4 Å². The van der Waals surface area contributed by atoms with Crippen LogP contribution in [0.25, 0.3) is 0 Å². The number of pyridine rings is 1. The van der Waals surface area contributed by atoms with Gasteiger partial charge in [-0.05, 0) is 31.2 Å². The molecular formula is C19H19Cl2N5. The molecule has 0 bridgehead atoms. The molecule has 7 heteroatoms. The first-order chi connectivity index (χ1) is 12.4. The van der Waals surface area contributed by atoms with Crippen molar-refractivity contribution in [3.05, 3.63) is 76.3 Å². The lowest BCUT2D eigenvalue weighted by atomic mass is 9.85. The topological polar surface area (TPSA) is 75.3 Å². The fraction of sp³-hybridized carbons (Fsp3) is 0.158. The Morgan fingerprint density at radius 1 is 1.35 bits per heavy atom. The second kappa shape index (κ2) is 7.40. The lowest BCUT2D eigenvalue weighted by Gasteiger charge is -2.24. The van der Waals surface area contributed by atoms with E-state index in [1.54, 1.807) is 0 Å². The lowest BCUT2D eigenvalue weighted by Crippen LogP contribution is -2.33. The summed E-state index contributed by atoms with van der Waals surface area (Å²) in [6.45, 7) is 6.20. The normalized spacial score (nSPS) is 19.7. The monoisotopic (exact) mass is 387 g/mol. The quantitative estimate of drug-likeness (QED) is 0.668. The van der Waals surface area contributed by atoms with E-state index >= 15 is 0 Å². The Balaban J connectivity index is 1.90. The van der Waals surface area contributed by atoms with Crippen molar-refractivity contribution in [3.63, 3.8) is 0 Å². The molecule has 0 radical (unpaired) electrons. The van der Waals surface area contributed by atoms with Gasteiger partial charge in [-0.3, -0.25) is 0 Å². The third-order valence-corrected chi connectivity index (χ3v) is 4.67. The Morgan fingerprint density at radius 3 is 2.85 bits per heavy atom. The molecule has 3 rings (SSSR count). The van der Waals surface area contributed by atoms with Crippen molar-refractivity contribution < 1.29 is 0 Å². The van der Waals surface area contributed by atoms with Gasteiger partial charge in [0, 0.05) is 12.8 Å². The van der Waals surface area contributed by atoms with E-state index in [4.69, 9.17) is 33.9 Å². The number of anilines is 2. The van der Waals surface area contributed by atoms with Crippen molar-refractivity contribution in [3.8, 4) is 0 Å². The predicted octanol–water partition coefficient (Wildman–Crippen LogP) is 4.29. The molecule has 1 atom stereocenters. The molecule has 0 fully saturated rings. The molecule has 0 unspecified atom stereocenters. The van der Waals surface area contributed by atoms with Gasteiger partial charge < -0.3 is 16.4 Å². The first-order valence-electron chi connectivity index (χ1n) is 8.02. The summed E-state index contributed by atoms with van der Waals surface area (Å²) in [7, 11) is 0. The van der Waals surface area contributed by atoms with Crippen molar-refractivity contribution in [2.24, 2.45) is 10.7 Å². The van der Waals surface area contributed by atoms with E-state index in [2.05, 4.69) is 22.2 Å². The molecule has 0 saturated carbocycles. The molecule has 0 amide bonds. The highest BCUT2D eigenvalue weighted by molar-refractivity contribution is 6.38. The number of hydrogen-bond donors (Lipinski definition) is 3. The number of hydrogen-bond acceptors (Lipinski definition) is 5. The highest BCUT2D eigenvalue weighted by Gasteiger charge is 2.38. The molecule has 134 valence electrons. The number of nitrogens with two attached hydrogens (primary N) is 1.